The minimum atomic E-state index is -0.318. The van der Waals surface area contributed by atoms with E-state index in [1.165, 1.54) is 4.90 Å². The Hall–Kier alpha value is -2.05. The number of fused-ring (bicyclic) bond motifs is 1. The maximum absolute atomic E-state index is 12.6. The fourth-order valence-corrected chi connectivity index (χ4v) is 2.93. The van der Waals surface area contributed by atoms with Gasteiger partial charge in [0.25, 0.3) is 5.91 Å². The van der Waals surface area contributed by atoms with Gasteiger partial charge < -0.3 is 19.0 Å². The monoisotopic (exact) mass is 350 g/mol. The first-order chi connectivity index (χ1) is 11.5. The van der Waals surface area contributed by atoms with Crippen molar-refractivity contribution in [2.24, 2.45) is 0 Å². The first-order valence-electron chi connectivity index (χ1n) is 7.77. The fourth-order valence-electron chi connectivity index (χ4n) is 2.76. The van der Waals surface area contributed by atoms with Crippen LogP contribution in [0.2, 0.25) is 5.02 Å². The van der Waals surface area contributed by atoms with Gasteiger partial charge in [-0.1, -0.05) is 11.6 Å². The van der Waals surface area contributed by atoms with Crippen molar-refractivity contribution in [2.45, 2.75) is 6.92 Å². The summed E-state index contributed by atoms with van der Waals surface area (Å²) in [7, 11) is 1.60. The summed E-state index contributed by atoms with van der Waals surface area (Å²) in [6.45, 7) is 4.01. The molecule has 1 aromatic carbocycles. The number of ether oxygens (including phenoxy) is 1. The molecule has 0 saturated carbocycles. The van der Waals surface area contributed by atoms with Crippen LogP contribution in [0.4, 0.5) is 0 Å². The normalized spacial score (nSPS) is 14.9. The van der Waals surface area contributed by atoms with E-state index in [1.807, 2.05) is 6.92 Å². The van der Waals surface area contributed by atoms with Gasteiger partial charge in [-0.2, -0.15) is 0 Å². The summed E-state index contributed by atoms with van der Waals surface area (Å²) in [6, 6.07) is 5.22. The average molecular weight is 351 g/mol. The first-order valence-corrected chi connectivity index (χ1v) is 8.15. The second-order valence-corrected chi connectivity index (χ2v) is 6.29. The van der Waals surface area contributed by atoms with E-state index in [0.29, 0.717) is 36.9 Å². The van der Waals surface area contributed by atoms with Crippen molar-refractivity contribution in [1.29, 1.82) is 0 Å². The Morgan fingerprint density at radius 2 is 2.00 bits per heavy atom. The average Bonchev–Trinajstić information content (AvgIpc) is 2.91. The molecule has 3 rings (SSSR count). The third kappa shape index (κ3) is 3.25. The molecule has 0 N–H and O–H groups in total. The molecular formula is C17H19ClN2O4. The molecule has 0 radical (unpaired) electrons. The van der Waals surface area contributed by atoms with Gasteiger partial charge in [0.15, 0.2) is 5.76 Å². The van der Waals surface area contributed by atoms with Gasteiger partial charge in [-0.15, -0.1) is 0 Å². The molecule has 1 aromatic heterocycles. The second-order valence-electron chi connectivity index (χ2n) is 5.85. The smallest absolute Gasteiger partial charge is 0.290 e. The van der Waals surface area contributed by atoms with E-state index >= 15 is 0 Å². The molecule has 2 heterocycles. The standard InChI is InChI=1S/C17H19ClN2O4/c1-11-13-9-12(18)3-4-14(13)24-16(11)17(22)19(2)10-15(21)20-5-7-23-8-6-20/h3-4,9H,5-8,10H2,1-2H3. The molecular weight excluding hydrogens is 332 g/mol. The number of halogens is 1. The number of likely N-dealkylation sites (N-methyl/N-ethyl adjacent to an activating group) is 1. The number of furan rings is 1. The largest absolute Gasteiger partial charge is 0.451 e. The molecule has 0 unspecified atom stereocenters. The highest BCUT2D eigenvalue weighted by Crippen LogP contribution is 2.28. The van der Waals surface area contributed by atoms with Crippen molar-refractivity contribution in [1.82, 2.24) is 9.80 Å². The van der Waals surface area contributed by atoms with E-state index in [1.54, 1.807) is 30.1 Å². The van der Waals surface area contributed by atoms with Crippen LogP contribution in [-0.2, 0) is 9.53 Å². The molecule has 1 aliphatic rings. The van der Waals surface area contributed by atoms with Crippen molar-refractivity contribution >= 4 is 34.4 Å². The van der Waals surface area contributed by atoms with Crippen LogP contribution in [0.25, 0.3) is 11.0 Å². The fraction of sp³-hybridized carbons (Fsp3) is 0.412. The second kappa shape index (κ2) is 6.83. The lowest BCUT2D eigenvalue weighted by molar-refractivity contribution is -0.135. The molecule has 0 bridgehead atoms. The van der Waals surface area contributed by atoms with Crippen LogP contribution in [0.15, 0.2) is 22.6 Å². The maximum Gasteiger partial charge on any atom is 0.290 e. The number of hydrogen-bond donors (Lipinski definition) is 0. The SMILES string of the molecule is Cc1c(C(=O)N(C)CC(=O)N2CCOCC2)oc2ccc(Cl)cc12. The molecule has 1 aliphatic heterocycles. The van der Waals surface area contributed by atoms with E-state index < -0.39 is 0 Å². The Bertz CT molecular complexity index is 780. The van der Waals surface area contributed by atoms with Crippen LogP contribution in [0, 0.1) is 6.92 Å². The zero-order valence-corrected chi connectivity index (χ0v) is 14.4. The molecule has 6 nitrogen and oxygen atoms in total. The van der Waals surface area contributed by atoms with Gasteiger partial charge in [0.05, 0.1) is 19.8 Å². The van der Waals surface area contributed by atoms with Crippen LogP contribution in [-0.4, -0.2) is 61.5 Å². The number of morpholine rings is 1. The number of amides is 2. The van der Waals surface area contributed by atoms with Crippen molar-refractivity contribution in [3.05, 3.63) is 34.5 Å². The van der Waals surface area contributed by atoms with Gasteiger partial charge in [0, 0.05) is 36.1 Å². The van der Waals surface area contributed by atoms with Crippen LogP contribution in [0.5, 0.6) is 0 Å². The van der Waals surface area contributed by atoms with Gasteiger partial charge in [-0.3, -0.25) is 9.59 Å². The van der Waals surface area contributed by atoms with Gasteiger partial charge >= 0.3 is 0 Å². The molecule has 1 fully saturated rings. The number of benzene rings is 1. The predicted octanol–water partition coefficient (Wildman–Crippen LogP) is 2.33. The van der Waals surface area contributed by atoms with Crippen LogP contribution in [0.3, 0.4) is 0 Å². The quantitative estimate of drug-likeness (QED) is 0.852. The third-order valence-corrected chi connectivity index (χ3v) is 4.41. The highest BCUT2D eigenvalue weighted by Gasteiger charge is 2.25. The number of aryl methyl sites for hydroxylation is 1. The zero-order chi connectivity index (χ0) is 17.3. The Kier molecular flexibility index (Phi) is 4.78. The number of carbonyl (C=O) groups excluding carboxylic acids is 2. The van der Waals surface area contributed by atoms with E-state index in [2.05, 4.69) is 0 Å². The molecule has 1 saturated heterocycles. The van der Waals surface area contributed by atoms with E-state index in [-0.39, 0.29) is 24.1 Å². The summed E-state index contributed by atoms with van der Waals surface area (Å²) < 4.78 is 10.9. The Labute approximate surface area is 144 Å². The van der Waals surface area contributed by atoms with Crippen LogP contribution >= 0.6 is 11.6 Å². The van der Waals surface area contributed by atoms with Crippen molar-refractivity contribution in [2.75, 3.05) is 39.9 Å². The van der Waals surface area contributed by atoms with Gasteiger partial charge in [0.1, 0.15) is 5.58 Å². The summed E-state index contributed by atoms with van der Waals surface area (Å²) in [5, 5.41) is 1.39. The van der Waals surface area contributed by atoms with Gasteiger partial charge in [-0.25, -0.2) is 0 Å². The molecule has 0 atom stereocenters. The van der Waals surface area contributed by atoms with E-state index in [0.717, 1.165) is 10.9 Å². The van der Waals surface area contributed by atoms with Crippen LogP contribution in [0.1, 0.15) is 16.1 Å². The Balaban J connectivity index is 1.75. The Morgan fingerprint density at radius 3 is 2.71 bits per heavy atom. The number of hydrogen-bond acceptors (Lipinski definition) is 4. The first kappa shape index (κ1) is 16.8. The topological polar surface area (TPSA) is 63.0 Å². The van der Waals surface area contributed by atoms with Gasteiger partial charge in [-0.05, 0) is 25.1 Å². The highest BCUT2D eigenvalue weighted by molar-refractivity contribution is 6.31. The number of carbonyl (C=O) groups is 2. The lowest BCUT2D eigenvalue weighted by atomic mass is 10.1. The molecule has 0 spiro atoms. The maximum atomic E-state index is 12.6. The summed E-state index contributed by atoms with van der Waals surface area (Å²) in [6.07, 6.45) is 0. The minimum Gasteiger partial charge on any atom is -0.451 e. The third-order valence-electron chi connectivity index (χ3n) is 4.18. The molecule has 2 amide bonds. The van der Waals surface area contributed by atoms with Crippen LogP contribution < -0.4 is 0 Å². The van der Waals surface area contributed by atoms with E-state index in [4.69, 9.17) is 20.8 Å². The number of rotatable bonds is 3. The Morgan fingerprint density at radius 1 is 1.29 bits per heavy atom. The molecule has 128 valence electrons. The summed E-state index contributed by atoms with van der Waals surface area (Å²) in [4.78, 5) is 28.0. The summed E-state index contributed by atoms with van der Waals surface area (Å²) in [5.74, 6) is -0.170. The minimum absolute atomic E-state index is 0.00999. The van der Waals surface area contributed by atoms with E-state index in [9.17, 15) is 9.59 Å². The lowest BCUT2D eigenvalue weighted by Crippen LogP contribution is -2.46. The number of nitrogens with zero attached hydrogens (tertiary/aromatic N) is 2. The molecule has 0 aliphatic carbocycles. The van der Waals surface area contributed by atoms with Crippen molar-refractivity contribution in [3.8, 4) is 0 Å². The summed E-state index contributed by atoms with van der Waals surface area (Å²) >= 11 is 6.00. The van der Waals surface area contributed by atoms with Crippen molar-refractivity contribution in [3.63, 3.8) is 0 Å². The molecule has 7 heteroatoms. The van der Waals surface area contributed by atoms with Gasteiger partial charge in [0.2, 0.25) is 5.91 Å². The lowest BCUT2D eigenvalue weighted by Gasteiger charge is -2.28. The van der Waals surface area contributed by atoms with Crippen molar-refractivity contribution < 1.29 is 18.7 Å². The molecule has 24 heavy (non-hydrogen) atoms. The summed E-state index contributed by atoms with van der Waals surface area (Å²) in [5.41, 5.74) is 1.33. The molecule has 2 aromatic rings. The highest BCUT2D eigenvalue weighted by atomic mass is 35.5. The zero-order valence-electron chi connectivity index (χ0n) is 13.7. The predicted molar refractivity (Wildman–Crippen MR) is 90.3 cm³/mol.